The minimum atomic E-state index is -0.472. The second-order valence-electron chi connectivity index (χ2n) is 7.03. The number of hydrogen-bond acceptors (Lipinski definition) is 3. The molecule has 1 aliphatic heterocycles. The van der Waals surface area contributed by atoms with E-state index < -0.39 is 5.82 Å². The van der Waals surface area contributed by atoms with Crippen LogP contribution >= 0.6 is 27.5 Å². The molecular formula is C21H22BrClFN3O2. The molecule has 1 unspecified atom stereocenters. The topological polar surface area (TPSA) is 52.7 Å². The third kappa shape index (κ3) is 5.78. The van der Waals surface area contributed by atoms with E-state index >= 15 is 0 Å². The Morgan fingerprint density at radius 1 is 1.14 bits per heavy atom. The molecule has 154 valence electrons. The number of nitrogens with one attached hydrogen (secondary N) is 1. The number of nitrogens with zero attached hydrogens (tertiary/aromatic N) is 2. The van der Waals surface area contributed by atoms with Gasteiger partial charge in [0.15, 0.2) is 0 Å². The quantitative estimate of drug-likeness (QED) is 0.704. The fourth-order valence-electron chi connectivity index (χ4n) is 3.27. The second kappa shape index (κ2) is 9.69. The maximum Gasteiger partial charge on any atom is 0.255 e. The summed E-state index contributed by atoms with van der Waals surface area (Å²) in [5, 5.41) is 3.12. The minimum Gasteiger partial charge on any atom is -0.348 e. The maximum atomic E-state index is 13.2. The van der Waals surface area contributed by atoms with E-state index in [9.17, 15) is 14.0 Å². The summed E-state index contributed by atoms with van der Waals surface area (Å²) in [7, 11) is 0. The highest BCUT2D eigenvalue weighted by atomic mass is 79.9. The molecule has 1 fully saturated rings. The van der Waals surface area contributed by atoms with Gasteiger partial charge in [-0.2, -0.15) is 0 Å². The van der Waals surface area contributed by atoms with Crippen molar-refractivity contribution in [2.45, 2.75) is 13.0 Å². The first-order chi connectivity index (χ1) is 13.8. The van der Waals surface area contributed by atoms with Crippen LogP contribution in [0, 0.1) is 5.82 Å². The number of carbonyl (C=O) groups is 2. The Morgan fingerprint density at radius 2 is 1.79 bits per heavy atom. The van der Waals surface area contributed by atoms with Crippen molar-refractivity contribution < 1.29 is 14.0 Å². The van der Waals surface area contributed by atoms with Crippen LogP contribution < -0.4 is 5.32 Å². The normalized spacial score (nSPS) is 15.8. The van der Waals surface area contributed by atoms with Crippen molar-refractivity contribution >= 4 is 39.3 Å². The molecule has 2 amide bonds. The van der Waals surface area contributed by atoms with E-state index in [-0.39, 0.29) is 29.4 Å². The Labute approximate surface area is 182 Å². The Morgan fingerprint density at radius 3 is 2.41 bits per heavy atom. The molecular weight excluding hydrogens is 461 g/mol. The summed E-state index contributed by atoms with van der Waals surface area (Å²) >= 11 is 9.40. The number of halogens is 3. The van der Waals surface area contributed by atoms with Gasteiger partial charge in [-0.3, -0.25) is 14.5 Å². The van der Waals surface area contributed by atoms with Gasteiger partial charge < -0.3 is 10.2 Å². The van der Waals surface area contributed by atoms with E-state index in [1.165, 1.54) is 12.1 Å². The molecule has 3 rings (SSSR count). The molecule has 1 aliphatic rings. The van der Waals surface area contributed by atoms with Crippen LogP contribution in [0.4, 0.5) is 4.39 Å². The minimum absolute atomic E-state index is 0.0539. The van der Waals surface area contributed by atoms with Crippen molar-refractivity contribution in [2.75, 3.05) is 32.7 Å². The van der Waals surface area contributed by atoms with E-state index in [4.69, 9.17) is 11.6 Å². The number of hydrogen-bond donors (Lipinski definition) is 1. The van der Waals surface area contributed by atoms with E-state index in [2.05, 4.69) is 21.2 Å². The molecule has 2 aromatic carbocycles. The van der Waals surface area contributed by atoms with Gasteiger partial charge in [0.25, 0.3) is 5.91 Å². The van der Waals surface area contributed by atoms with Gasteiger partial charge in [0.1, 0.15) is 5.82 Å². The molecule has 1 atom stereocenters. The average Bonchev–Trinajstić information content (AvgIpc) is 2.68. The zero-order valence-corrected chi connectivity index (χ0v) is 18.3. The predicted molar refractivity (Wildman–Crippen MR) is 114 cm³/mol. The summed E-state index contributed by atoms with van der Waals surface area (Å²) in [5.41, 5.74) is 1.33. The average molecular weight is 483 g/mol. The molecule has 5 nitrogen and oxygen atoms in total. The summed E-state index contributed by atoms with van der Waals surface area (Å²) in [6, 6.07) is 11.5. The lowest BCUT2D eigenvalue weighted by Gasteiger charge is -2.34. The molecule has 1 heterocycles. The van der Waals surface area contributed by atoms with Crippen LogP contribution in [0.5, 0.6) is 0 Å². The number of piperazine rings is 1. The molecule has 0 spiro atoms. The first-order valence-corrected chi connectivity index (χ1v) is 10.5. The molecule has 0 saturated carbocycles. The van der Waals surface area contributed by atoms with Crippen molar-refractivity contribution in [1.82, 2.24) is 15.1 Å². The molecule has 0 aromatic heterocycles. The van der Waals surface area contributed by atoms with Gasteiger partial charge in [0.05, 0.1) is 23.2 Å². The lowest BCUT2D eigenvalue weighted by molar-refractivity contribution is -0.123. The third-order valence-electron chi connectivity index (χ3n) is 4.94. The van der Waals surface area contributed by atoms with Crippen LogP contribution in [0.3, 0.4) is 0 Å². The third-order valence-corrected chi connectivity index (χ3v) is 5.78. The highest BCUT2D eigenvalue weighted by Gasteiger charge is 2.25. The first kappa shape index (κ1) is 21.7. The lowest BCUT2D eigenvalue weighted by Crippen LogP contribution is -2.51. The van der Waals surface area contributed by atoms with Crippen LogP contribution in [0.1, 0.15) is 28.9 Å². The second-order valence-corrected chi connectivity index (χ2v) is 8.36. The van der Waals surface area contributed by atoms with Crippen LogP contribution in [0.15, 0.2) is 46.9 Å². The van der Waals surface area contributed by atoms with Gasteiger partial charge >= 0.3 is 0 Å². The predicted octanol–water partition coefficient (Wildman–Crippen LogP) is 3.88. The smallest absolute Gasteiger partial charge is 0.255 e. The maximum absolute atomic E-state index is 13.2. The SMILES string of the molecule is CC(NC(=O)CN1CCN(C(=O)c2ccc(F)cc2Cl)CC1)c1ccc(Br)cc1. The largest absolute Gasteiger partial charge is 0.348 e. The Balaban J connectivity index is 1.48. The number of amides is 2. The number of rotatable bonds is 5. The molecule has 0 radical (unpaired) electrons. The van der Waals surface area contributed by atoms with Gasteiger partial charge in [-0.05, 0) is 42.8 Å². The van der Waals surface area contributed by atoms with Crippen molar-refractivity contribution in [3.8, 4) is 0 Å². The monoisotopic (exact) mass is 481 g/mol. The van der Waals surface area contributed by atoms with Crippen LogP contribution in [0.2, 0.25) is 5.02 Å². The fraction of sp³-hybridized carbons (Fsp3) is 0.333. The van der Waals surface area contributed by atoms with Gasteiger partial charge in [-0.15, -0.1) is 0 Å². The summed E-state index contributed by atoms with van der Waals surface area (Å²) in [6.07, 6.45) is 0. The van der Waals surface area contributed by atoms with Crippen molar-refractivity contribution in [3.63, 3.8) is 0 Å². The molecule has 8 heteroatoms. The Bertz CT molecular complexity index is 886. The summed E-state index contributed by atoms with van der Waals surface area (Å²) < 4.78 is 14.2. The van der Waals surface area contributed by atoms with E-state index in [1.807, 2.05) is 36.1 Å². The van der Waals surface area contributed by atoms with Gasteiger partial charge in [-0.1, -0.05) is 39.7 Å². The molecule has 2 aromatic rings. The standard InChI is InChI=1S/C21H22BrClFN3O2/c1-14(15-2-4-16(22)5-3-15)25-20(28)13-26-8-10-27(11-9-26)21(29)18-7-6-17(24)12-19(18)23/h2-7,12,14H,8-11,13H2,1H3,(H,25,28). The molecule has 1 N–H and O–H groups in total. The van der Waals surface area contributed by atoms with Crippen molar-refractivity contribution in [3.05, 3.63) is 68.9 Å². The summed E-state index contributed by atoms with van der Waals surface area (Å²) in [6.45, 7) is 4.38. The Kier molecular flexibility index (Phi) is 7.27. The first-order valence-electron chi connectivity index (χ1n) is 9.35. The van der Waals surface area contributed by atoms with Gasteiger partial charge in [0.2, 0.25) is 5.91 Å². The van der Waals surface area contributed by atoms with Gasteiger partial charge in [-0.25, -0.2) is 4.39 Å². The summed E-state index contributed by atoms with van der Waals surface area (Å²) in [4.78, 5) is 28.7. The lowest BCUT2D eigenvalue weighted by atomic mass is 10.1. The van der Waals surface area contributed by atoms with Gasteiger partial charge in [0, 0.05) is 30.7 Å². The molecule has 0 aliphatic carbocycles. The number of carbonyl (C=O) groups excluding carboxylic acids is 2. The van der Waals surface area contributed by atoms with Crippen LogP contribution in [0.25, 0.3) is 0 Å². The Hall–Kier alpha value is -1.96. The highest BCUT2D eigenvalue weighted by Crippen LogP contribution is 2.20. The zero-order valence-electron chi connectivity index (χ0n) is 16.0. The molecule has 29 heavy (non-hydrogen) atoms. The zero-order chi connectivity index (χ0) is 21.0. The van der Waals surface area contributed by atoms with Crippen molar-refractivity contribution in [1.29, 1.82) is 0 Å². The van der Waals surface area contributed by atoms with Crippen molar-refractivity contribution in [2.24, 2.45) is 0 Å². The fourth-order valence-corrected chi connectivity index (χ4v) is 3.78. The molecule has 1 saturated heterocycles. The number of benzene rings is 2. The van der Waals surface area contributed by atoms with Crippen LogP contribution in [-0.4, -0.2) is 54.3 Å². The molecule has 0 bridgehead atoms. The van der Waals surface area contributed by atoms with E-state index in [1.54, 1.807) is 4.90 Å². The van der Waals surface area contributed by atoms with Crippen LogP contribution in [-0.2, 0) is 4.79 Å². The summed E-state index contributed by atoms with van der Waals surface area (Å²) in [5.74, 6) is -0.746. The van der Waals surface area contributed by atoms with E-state index in [0.717, 1.165) is 16.1 Å². The van der Waals surface area contributed by atoms with E-state index in [0.29, 0.717) is 31.7 Å². The highest BCUT2D eigenvalue weighted by molar-refractivity contribution is 9.10.